The van der Waals surface area contributed by atoms with Crippen LogP contribution in [0.5, 0.6) is 0 Å². The van der Waals surface area contributed by atoms with E-state index in [1.54, 1.807) is 37.6 Å². The van der Waals surface area contributed by atoms with Gasteiger partial charge >= 0.3 is 0 Å². The molecule has 0 aliphatic rings. The Labute approximate surface area is 234 Å². The van der Waals surface area contributed by atoms with Gasteiger partial charge in [0.05, 0.1) is 34.5 Å². The number of nitrogen functional groups attached to an aromatic ring is 1. The molecule has 0 spiro atoms. The Morgan fingerprint density at radius 3 is 2.61 bits per heavy atom. The second-order valence-electron chi connectivity index (χ2n) is 9.65. The van der Waals surface area contributed by atoms with Crippen LogP contribution in [0.15, 0.2) is 78.0 Å². The number of fused-ring (bicyclic) bond motifs is 2. The molecule has 4 heterocycles. The van der Waals surface area contributed by atoms with E-state index in [1.165, 1.54) is 9.08 Å². The first-order chi connectivity index (χ1) is 19.8. The number of nitrogens with zero attached hydrogens (tertiary/aromatic N) is 7. The average Bonchev–Trinajstić information content (AvgIpc) is 3.49. The van der Waals surface area contributed by atoms with Gasteiger partial charge in [0.25, 0.3) is 11.5 Å². The summed E-state index contributed by atoms with van der Waals surface area (Å²) in [5.41, 5.74) is 9.07. The Balaban J connectivity index is 1.47. The molecule has 6 aromatic rings. The van der Waals surface area contributed by atoms with E-state index in [1.807, 2.05) is 73.2 Å². The maximum atomic E-state index is 14.2. The molecule has 1 unspecified atom stereocenters. The van der Waals surface area contributed by atoms with Gasteiger partial charge in [-0.3, -0.25) is 14.2 Å². The molecule has 3 N–H and O–H groups in total. The van der Waals surface area contributed by atoms with Gasteiger partial charge in [-0.05, 0) is 49.8 Å². The van der Waals surface area contributed by atoms with E-state index in [4.69, 9.17) is 10.7 Å². The number of carbonyl (C=O) groups is 1. The van der Waals surface area contributed by atoms with Crippen molar-refractivity contribution in [3.8, 4) is 5.69 Å². The molecule has 2 aromatic carbocycles. The molecule has 1 amide bonds. The van der Waals surface area contributed by atoms with E-state index < -0.39 is 11.9 Å². The Hall–Kier alpha value is -5.58. The van der Waals surface area contributed by atoms with Gasteiger partial charge in [0.2, 0.25) is 0 Å². The van der Waals surface area contributed by atoms with Gasteiger partial charge in [-0.25, -0.2) is 19.5 Å². The summed E-state index contributed by atoms with van der Waals surface area (Å²) in [4.78, 5) is 41.1. The van der Waals surface area contributed by atoms with Crippen LogP contribution < -0.4 is 16.6 Å². The molecule has 1 atom stereocenters. The molecule has 11 heteroatoms. The van der Waals surface area contributed by atoms with Crippen LogP contribution in [0.2, 0.25) is 0 Å². The van der Waals surface area contributed by atoms with Gasteiger partial charge in [0, 0.05) is 19.4 Å². The number of para-hydroxylation sites is 1. The molecule has 4 aromatic heterocycles. The number of hydrogen-bond donors (Lipinski definition) is 2. The van der Waals surface area contributed by atoms with E-state index in [2.05, 4.69) is 20.4 Å². The summed E-state index contributed by atoms with van der Waals surface area (Å²) < 4.78 is 4.96. The number of hydrogen-bond acceptors (Lipinski definition) is 7. The van der Waals surface area contributed by atoms with Crippen molar-refractivity contribution in [3.63, 3.8) is 0 Å². The number of rotatable bonds is 6. The molecular formula is C30H27N9O2. The molecule has 0 radical (unpaired) electrons. The van der Waals surface area contributed by atoms with Crippen LogP contribution in [0, 0.1) is 6.92 Å². The summed E-state index contributed by atoms with van der Waals surface area (Å²) in [7, 11) is 1.94. The predicted molar refractivity (Wildman–Crippen MR) is 157 cm³/mol. The van der Waals surface area contributed by atoms with E-state index in [-0.39, 0.29) is 16.9 Å². The average molecular weight is 546 g/mol. The number of amides is 1. The maximum absolute atomic E-state index is 14.2. The van der Waals surface area contributed by atoms with Crippen LogP contribution in [0.4, 0.5) is 5.82 Å². The molecule has 204 valence electrons. The fourth-order valence-corrected chi connectivity index (χ4v) is 4.83. The Morgan fingerprint density at radius 2 is 1.85 bits per heavy atom. The summed E-state index contributed by atoms with van der Waals surface area (Å²) in [6.07, 6.45) is 8.83. The molecule has 41 heavy (non-hydrogen) atoms. The SMILES string of the molecule is Cc1ncc(/C=C/c2cccc3nc(C(C)NC(=O)c4c(N)nn5cccnc45)n(-c4ccccc4)c(=O)c23)n1C. The van der Waals surface area contributed by atoms with Crippen molar-refractivity contribution in [2.75, 3.05) is 5.73 Å². The molecular weight excluding hydrogens is 518 g/mol. The molecule has 0 aliphatic carbocycles. The molecule has 6 rings (SSSR count). The molecule has 0 fully saturated rings. The van der Waals surface area contributed by atoms with Crippen LogP contribution in [-0.2, 0) is 7.05 Å². The predicted octanol–water partition coefficient (Wildman–Crippen LogP) is 3.71. The van der Waals surface area contributed by atoms with Crippen molar-refractivity contribution >= 4 is 40.4 Å². The van der Waals surface area contributed by atoms with Crippen LogP contribution >= 0.6 is 0 Å². The molecule has 0 bridgehead atoms. The van der Waals surface area contributed by atoms with Crippen LogP contribution in [0.1, 0.15) is 46.2 Å². The third-order valence-corrected chi connectivity index (χ3v) is 7.04. The molecule has 11 nitrogen and oxygen atoms in total. The van der Waals surface area contributed by atoms with Crippen molar-refractivity contribution in [1.82, 2.24) is 39.0 Å². The highest BCUT2D eigenvalue weighted by Crippen LogP contribution is 2.23. The highest BCUT2D eigenvalue weighted by molar-refractivity contribution is 6.04. The lowest BCUT2D eigenvalue weighted by Crippen LogP contribution is -2.33. The van der Waals surface area contributed by atoms with Gasteiger partial charge < -0.3 is 15.6 Å². The lowest BCUT2D eigenvalue weighted by Gasteiger charge is -2.20. The van der Waals surface area contributed by atoms with Gasteiger partial charge in [-0.15, -0.1) is 5.10 Å². The first-order valence-electron chi connectivity index (χ1n) is 13.0. The first-order valence-corrected chi connectivity index (χ1v) is 13.0. The second kappa shape index (κ2) is 10.2. The quantitative estimate of drug-likeness (QED) is 0.325. The van der Waals surface area contributed by atoms with E-state index in [9.17, 15) is 9.59 Å². The zero-order valence-corrected chi connectivity index (χ0v) is 22.7. The third-order valence-electron chi connectivity index (χ3n) is 7.04. The number of imidazole rings is 1. The Morgan fingerprint density at radius 1 is 1.05 bits per heavy atom. The highest BCUT2D eigenvalue weighted by Gasteiger charge is 2.24. The molecule has 0 saturated carbocycles. The monoisotopic (exact) mass is 545 g/mol. The zero-order valence-electron chi connectivity index (χ0n) is 22.7. The maximum Gasteiger partial charge on any atom is 0.266 e. The summed E-state index contributed by atoms with van der Waals surface area (Å²) in [6.45, 7) is 3.70. The van der Waals surface area contributed by atoms with E-state index >= 15 is 0 Å². The summed E-state index contributed by atoms with van der Waals surface area (Å²) in [5.74, 6) is 0.840. The number of anilines is 1. The number of nitrogens with one attached hydrogen (secondary N) is 1. The smallest absolute Gasteiger partial charge is 0.266 e. The fraction of sp³-hybridized carbons (Fsp3) is 0.133. The van der Waals surface area contributed by atoms with Gasteiger partial charge in [-0.1, -0.05) is 36.4 Å². The fourth-order valence-electron chi connectivity index (χ4n) is 4.83. The minimum Gasteiger partial charge on any atom is -0.381 e. The number of nitrogens with two attached hydrogens (primary N) is 1. The molecule has 0 aliphatic heterocycles. The van der Waals surface area contributed by atoms with Gasteiger partial charge in [-0.2, -0.15) is 0 Å². The second-order valence-corrected chi connectivity index (χ2v) is 9.65. The van der Waals surface area contributed by atoms with Gasteiger partial charge in [0.1, 0.15) is 17.2 Å². The first kappa shape index (κ1) is 25.7. The zero-order chi connectivity index (χ0) is 28.7. The van der Waals surface area contributed by atoms with Crippen LogP contribution in [0.25, 0.3) is 34.4 Å². The Bertz CT molecular complexity index is 2020. The van der Waals surface area contributed by atoms with Crippen molar-refractivity contribution < 1.29 is 4.79 Å². The topological polar surface area (TPSA) is 138 Å². The van der Waals surface area contributed by atoms with Crippen LogP contribution in [-0.4, -0.2) is 39.6 Å². The summed E-state index contributed by atoms with van der Waals surface area (Å²) in [6, 6.07) is 15.8. The van der Waals surface area contributed by atoms with Crippen molar-refractivity contribution in [2.45, 2.75) is 19.9 Å². The normalized spacial score (nSPS) is 12.4. The summed E-state index contributed by atoms with van der Waals surface area (Å²) in [5, 5.41) is 7.59. The number of aromatic nitrogens is 7. The molecule has 0 saturated heterocycles. The van der Waals surface area contributed by atoms with Gasteiger partial charge in [0.15, 0.2) is 11.5 Å². The minimum absolute atomic E-state index is 0.0559. The standard InChI is InChI=1S/C30H27N9O2/c1-18(34-29(40)25-26(31)36-38-16-8-15-32-28(25)38)27-35-23-12-7-9-20(13-14-22-17-33-19(2)37(22)3)24(23)30(41)39(27)21-10-5-4-6-11-21/h4-18H,1-3H3,(H2,31,36)(H,34,40)/b14-13+. The van der Waals surface area contributed by atoms with Crippen molar-refractivity contribution in [1.29, 1.82) is 0 Å². The highest BCUT2D eigenvalue weighted by atomic mass is 16.2. The van der Waals surface area contributed by atoms with E-state index in [0.717, 1.165) is 17.1 Å². The van der Waals surface area contributed by atoms with Crippen molar-refractivity contribution in [3.05, 3.63) is 112 Å². The number of carbonyl (C=O) groups excluding carboxylic acids is 1. The summed E-state index contributed by atoms with van der Waals surface area (Å²) >= 11 is 0. The Kier molecular flexibility index (Phi) is 6.38. The minimum atomic E-state index is -0.672. The number of benzene rings is 2. The third kappa shape index (κ3) is 4.52. The number of aryl methyl sites for hydroxylation is 1. The van der Waals surface area contributed by atoms with Crippen LogP contribution in [0.3, 0.4) is 0 Å². The van der Waals surface area contributed by atoms with E-state index in [0.29, 0.717) is 28.1 Å². The lowest BCUT2D eigenvalue weighted by atomic mass is 10.1. The lowest BCUT2D eigenvalue weighted by molar-refractivity contribution is 0.0940. The van der Waals surface area contributed by atoms with Crippen molar-refractivity contribution in [2.24, 2.45) is 7.05 Å². The largest absolute Gasteiger partial charge is 0.381 e.